The minimum absolute atomic E-state index is 0.318. The SMILES string of the molecule is Cc1ccc(N(NC(=O)Oc2ccccc2)C(=O)O)cc1. The van der Waals surface area contributed by atoms with Gasteiger partial charge in [0.25, 0.3) is 0 Å². The predicted octanol–water partition coefficient (Wildman–Crippen LogP) is 3.18. The number of hydrazine groups is 1. The summed E-state index contributed by atoms with van der Waals surface area (Å²) in [4.78, 5) is 23.0. The summed E-state index contributed by atoms with van der Waals surface area (Å²) in [7, 11) is 0. The van der Waals surface area contributed by atoms with Crippen LogP contribution in [0.1, 0.15) is 5.56 Å². The van der Waals surface area contributed by atoms with Gasteiger partial charge < -0.3 is 9.84 Å². The van der Waals surface area contributed by atoms with Gasteiger partial charge in [-0.05, 0) is 31.2 Å². The van der Waals surface area contributed by atoms with Gasteiger partial charge in [-0.15, -0.1) is 0 Å². The van der Waals surface area contributed by atoms with Crippen molar-refractivity contribution in [2.75, 3.05) is 5.01 Å². The highest BCUT2D eigenvalue weighted by Crippen LogP contribution is 2.14. The van der Waals surface area contributed by atoms with E-state index in [1.54, 1.807) is 54.6 Å². The summed E-state index contributed by atoms with van der Waals surface area (Å²) in [5, 5.41) is 9.87. The third kappa shape index (κ3) is 3.97. The third-order valence-electron chi connectivity index (χ3n) is 2.64. The van der Waals surface area contributed by atoms with Crippen LogP contribution >= 0.6 is 0 Å². The van der Waals surface area contributed by atoms with Crippen LogP contribution in [0.25, 0.3) is 0 Å². The van der Waals surface area contributed by atoms with E-state index >= 15 is 0 Å². The largest absolute Gasteiger partial charge is 0.463 e. The van der Waals surface area contributed by atoms with Gasteiger partial charge in [0.2, 0.25) is 0 Å². The number of hydrogen-bond donors (Lipinski definition) is 2. The molecule has 0 aliphatic heterocycles. The molecule has 2 rings (SSSR count). The van der Waals surface area contributed by atoms with E-state index in [2.05, 4.69) is 5.43 Å². The Morgan fingerprint density at radius 3 is 2.24 bits per heavy atom. The molecular weight excluding hydrogens is 272 g/mol. The molecular formula is C15H14N2O4. The van der Waals surface area contributed by atoms with Gasteiger partial charge in [-0.1, -0.05) is 35.9 Å². The van der Waals surface area contributed by atoms with Gasteiger partial charge >= 0.3 is 12.2 Å². The molecule has 0 saturated carbocycles. The molecule has 2 amide bonds. The molecule has 108 valence electrons. The number of hydrogen-bond acceptors (Lipinski definition) is 3. The number of para-hydroxylation sites is 1. The minimum atomic E-state index is -1.32. The van der Waals surface area contributed by atoms with E-state index in [-0.39, 0.29) is 0 Å². The lowest BCUT2D eigenvalue weighted by atomic mass is 10.2. The number of benzene rings is 2. The third-order valence-corrected chi connectivity index (χ3v) is 2.64. The lowest BCUT2D eigenvalue weighted by Gasteiger charge is -2.19. The fraction of sp³-hybridized carbons (Fsp3) is 0.0667. The Morgan fingerprint density at radius 1 is 1.05 bits per heavy atom. The van der Waals surface area contributed by atoms with Crippen LogP contribution in [0.15, 0.2) is 54.6 Å². The second-order valence-electron chi connectivity index (χ2n) is 4.27. The Hall–Kier alpha value is -3.02. The van der Waals surface area contributed by atoms with Gasteiger partial charge in [0.1, 0.15) is 5.75 Å². The van der Waals surface area contributed by atoms with Crippen molar-refractivity contribution < 1.29 is 19.4 Å². The summed E-state index contributed by atoms with van der Waals surface area (Å²) >= 11 is 0. The average Bonchev–Trinajstić information content (AvgIpc) is 2.47. The molecule has 2 aromatic carbocycles. The highest BCUT2D eigenvalue weighted by atomic mass is 16.6. The van der Waals surface area contributed by atoms with Crippen LogP contribution < -0.4 is 15.2 Å². The molecule has 0 radical (unpaired) electrons. The first-order valence-electron chi connectivity index (χ1n) is 6.19. The minimum Gasteiger partial charge on any atom is -0.463 e. The zero-order chi connectivity index (χ0) is 15.2. The number of nitrogens with one attached hydrogen (secondary N) is 1. The molecule has 21 heavy (non-hydrogen) atoms. The second-order valence-corrected chi connectivity index (χ2v) is 4.27. The number of carbonyl (C=O) groups is 2. The molecule has 0 aliphatic carbocycles. The van der Waals surface area contributed by atoms with Crippen LogP contribution in [0, 0.1) is 6.92 Å². The first-order chi connectivity index (χ1) is 10.1. The lowest BCUT2D eigenvalue weighted by Crippen LogP contribution is -2.47. The van der Waals surface area contributed by atoms with E-state index < -0.39 is 12.2 Å². The molecule has 0 unspecified atom stereocenters. The standard InChI is InChI=1S/C15H14N2O4/c1-11-7-9-12(10-8-11)17(15(19)20)16-14(18)21-13-5-3-2-4-6-13/h2-10H,1H3,(H,16,18)(H,19,20). The fourth-order valence-electron chi connectivity index (χ4n) is 1.63. The van der Waals surface area contributed by atoms with E-state index in [0.717, 1.165) is 5.56 Å². The lowest BCUT2D eigenvalue weighted by molar-refractivity contribution is 0.184. The number of anilines is 1. The van der Waals surface area contributed by atoms with E-state index in [1.807, 2.05) is 6.92 Å². The molecule has 2 aromatic rings. The van der Waals surface area contributed by atoms with E-state index in [9.17, 15) is 9.59 Å². The van der Waals surface area contributed by atoms with Crippen molar-refractivity contribution in [3.63, 3.8) is 0 Å². The molecule has 0 aromatic heterocycles. The van der Waals surface area contributed by atoms with Crippen LogP contribution in [-0.2, 0) is 0 Å². The molecule has 0 aliphatic rings. The quantitative estimate of drug-likeness (QED) is 0.831. The smallest absolute Gasteiger partial charge is 0.432 e. The van der Waals surface area contributed by atoms with Crippen LogP contribution in [-0.4, -0.2) is 17.3 Å². The number of aryl methyl sites for hydroxylation is 1. The Kier molecular flexibility index (Phi) is 4.40. The number of amides is 2. The molecule has 0 bridgehead atoms. The number of carbonyl (C=O) groups excluding carboxylic acids is 1. The molecule has 0 spiro atoms. The molecule has 6 nitrogen and oxygen atoms in total. The average molecular weight is 286 g/mol. The van der Waals surface area contributed by atoms with Crippen LogP contribution in [0.3, 0.4) is 0 Å². The maximum atomic E-state index is 11.7. The summed E-state index contributed by atoms with van der Waals surface area (Å²) < 4.78 is 4.99. The highest BCUT2D eigenvalue weighted by molar-refractivity contribution is 5.89. The van der Waals surface area contributed by atoms with Gasteiger partial charge in [-0.2, -0.15) is 5.01 Å². The Labute approximate surface area is 121 Å². The predicted molar refractivity (Wildman–Crippen MR) is 77.3 cm³/mol. The Bertz CT molecular complexity index is 626. The van der Waals surface area contributed by atoms with Crippen LogP contribution in [0.4, 0.5) is 15.3 Å². The summed E-state index contributed by atoms with van der Waals surface area (Å²) in [5.74, 6) is 0.323. The number of ether oxygens (including phenoxy) is 1. The molecule has 0 heterocycles. The van der Waals surface area contributed by atoms with Crippen LogP contribution in [0.2, 0.25) is 0 Å². The first kappa shape index (κ1) is 14.4. The van der Waals surface area contributed by atoms with Crippen molar-refractivity contribution in [1.29, 1.82) is 0 Å². The van der Waals surface area contributed by atoms with E-state index in [0.29, 0.717) is 16.4 Å². The molecule has 6 heteroatoms. The maximum absolute atomic E-state index is 11.7. The molecule has 2 N–H and O–H groups in total. The summed E-state index contributed by atoms with van der Waals surface area (Å²) in [6.07, 6.45) is -2.20. The van der Waals surface area contributed by atoms with Gasteiger partial charge in [0.05, 0.1) is 5.69 Å². The summed E-state index contributed by atoms with van der Waals surface area (Å²) in [5.41, 5.74) is 3.47. The van der Waals surface area contributed by atoms with Crippen molar-refractivity contribution in [1.82, 2.24) is 5.43 Å². The Morgan fingerprint density at radius 2 is 1.67 bits per heavy atom. The second kappa shape index (κ2) is 6.42. The first-order valence-corrected chi connectivity index (χ1v) is 6.19. The summed E-state index contributed by atoms with van der Waals surface area (Å²) in [6, 6.07) is 15.0. The van der Waals surface area contributed by atoms with Crippen molar-refractivity contribution >= 4 is 17.9 Å². The van der Waals surface area contributed by atoms with Crippen molar-refractivity contribution in [3.8, 4) is 5.75 Å². The number of nitrogens with zero attached hydrogens (tertiary/aromatic N) is 1. The van der Waals surface area contributed by atoms with Crippen molar-refractivity contribution in [3.05, 3.63) is 60.2 Å². The fourth-order valence-corrected chi connectivity index (χ4v) is 1.63. The molecule has 0 fully saturated rings. The number of carboxylic acid groups (broad SMARTS) is 1. The normalized spacial score (nSPS) is 9.76. The Balaban J connectivity index is 2.08. The monoisotopic (exact) mass is 286 g/mol. The molecule has 0 saturated heterocycles. The number of rotatable bonds is 2. The van der Waals surface area contributed by atoms with E-state index in [1.165, 1.54) is 0 Å². The van der Waals surface area contributed by atoms with Gasteiger partial charge in [-0.3, -0.25) is 0 Å². The van der Waals surface area contributed by atoms with Gasteiger partial charge in [0.15, 0.2) is 0 Å². The van der Waals surface area contributed by atoms with Crippen molar-refractivity contribution in [2.45, 2.75) is 6.92 Å². The van der Waals surface area contributed by atoms with Gasteiger partial charge in [-0.25, -0.2) is 15.0 Å². The van der Waals surface area contributed by atoms with Gasteiger partial charge in [0, 0.05) is 0 Å². The van der Waals surface area contributed by atoms with E-state index in [4.69, 9.17) is 9.84 Å². The highest BCUT2D eigenvalue weighted by Gasteiger charge is 2.18. The zero-order valence-electron chi connectivity index (χ0n) is 11.3. The van der Waals surface area contributed by atoms with Crippen LogP contribution in [0.5, 0.6) is 5.75 Å². The molecule has 0 atom stereocenters. The topological polar surface area (TPSA) is 78.9 Å². The van der Waals surface area contributed by atoms with Crippen molar-refractivity contribution in [2.24, 2.45) is 0 Å². The maximum Gasteiger partial charge on any atom is 0.432 e. The zero-order valence-corrected chi connectivity index (χ0v) is 11.3. The summed E-state index contributed by atoms with van der Waals surface area (Å²) in [6.45, 7) is 1.88.